The molecule has 0 saturated carbocycles. The van der Waals surface area contributed by atoms with Crippen LogP contribution in [-0.4, -0.2) is 100 Å². The van der Waals surface area contributed by atoms with Gasteiger partial charge in [0.15, 0.2) is 0 Å². The van der Waals surface area contributed by atoms with Crippen LogP contribution in [0.4, 0.5) is 0 Å². The van der Waals surface area contributed by atoms with Crippen LogP contribution in [0.2, 0.25) is 0 Å². The Morgan fingerprint density at radius 3 is 2.59 bits per heavy atom. The van der Waals surface area contributed by atoms with Crippen LogP contribution in [0.3, 0.4) is 0 Å². The number of ether oxygens (including phenoxy) is 3. The van der Waals surface area contributed by atoms with E-state index in [1.54, 1.807) is 32.2 Å². The Hall–Kier alpha value is -2.24. The second-order valence-corrected chi connectivity index (χ2v) is 9.85. The van der Waals surface area contributed by atoms with Gasteiger partial charge in [-0.15, -0.1) is 0 Å². The number of carbonyl (C=O) groups is 2. The first-order chi connectivity index (χ1) is 17.8. The van der Waals surface area contributed by atoms with Crippen LogP contribution in [0.1, 0.15) is 43.5 Å². The van der Waals surface area contributed by atoms with E-state index in [9.17, 15) is 14.7 Å². The highest BCUT2D eigenvalue weighted by Crippen LogP contribution is 2.19. The minimum Gasteiger partial charge on any atom is -0.493 e. The summed E-state index contributed by atoms with van der Waals surface area (Å²) in [6, 6.07) is 6.64. The Bertz CT molecular complexity index is 805. The lowest BCUT2D eigenvalue weighted by molar-refractivity contribution is -0.125. The third-order valence-electron chi connectivity index (χ3n) is 6.54. The lowest BCUT2D eigenvalue weighted by Crippen LogP contribution is -2.43. The predicted octanol–water partition coefficient (Wildman–Crippen LogP) is 1.02. The number of methoxy groups -OCH3 is 1. The fourth-order valence-corrected chi connectivity index (χ4v) is 4.21. The van der Waals surface area contributed by atoms with E-state index in [0.717, 1.165) is 39.3 Å². The van der Waals surface area contributed by atoms with Crippen LogP contribution in [0.15, 0.2) is 24.3 Å². The van der Waals surface area contributed by atoms with Crippen molar-refractivity contribution in [2.45, 2.75) is 45.3 Å². The maximum absolute atomic E-state index is 12.7. The molecule has 1 saturated heterocycles. The van der Waals surface area contributed by atoms with Crippen molar-refractivity contribution >= 4 is 11.8 Å². The van der Waals surface area contributed by atoms with Gasteiger partial charge in [0.05, 0.1) is 31.5 Å². The van der Waals surface area contributed by atoms with Gasteiger partial charge in [0, 0.05) is 64.8 Å². The number of hydrogen-bond donors (Lipinski definition) is 4. The highest BCUT2D eigenvalue weighted by atomic mass is 16.5. The maximum atomic E-state index is 12.7. The van der Waals surface area contributed by atoms with E-state index in [-0.39, 0.29) is 30.1 Å². The number of aliphatic hydroxyl groups excluding tert-OH is 1. The molecule has 5 N–H and O–H groups in total. The van der Waals surface area contributed by atoms with E-state index < -0.39 is 12.1 Å². The number of nitrogens with one attached hydrogen (secondary N) is 2. The number of aliphatic hydroxyl groups is 1. The van der Waals surface area contributed by atoms with E-state index in [2.05, 4.69) is 15.5 Å². The van der Waals surface area contributed by atoms with E-state index in [1.165, 1.54) is 0 Å². The maximum Gasteiger partial charge on any atom is 0.255 e. The molecule has 0 radical (unpaired) electrons. The highest BCUT2D eigenvalue weighted by Gasteiger charge is 2.24. The number of morpholine rings is 1. The van der Waals surface area contributed by atoms with Crippen LogP contribution < -0.4 is 21.1 Å². The summed E-state index contributed by atoms with van der Waals surface area (Å²) in [6.45, 7) is 9.83. The molecule has 1 aliphatic rings. The average molecular weight is 523 g/mol. The van der Waals surface area contributed by atoms with E-state index in [0.29, 0.717) is 44.0 Å². The molecule has 2 amide bonds. The summed E-state index contributed by atoms with van der Waals surface area (Å²) < 4.78 is 16.1. The van der Waals surface area contributed by atoms with Gasteiger partial charge in [-0.1, -0.05) is 26.0 Å². The van der Waals surface area contributed by atoms with Crippen molar-refractivity contribution in [3.05, 3.63) is 29.8 Å². The second kappa shape index (κ2) is 17.3. The lowest BCUT2D eigenvalue weighted by atomic mass is 9.92. The third-order valence-corrected chi connectivity index (χ3v) is 6.54. The summed E-state index contributed by atoms with van der Waals surface area (Å²) >= 11 is 0. The number of para-hydroxylation sites is 1. The van der Waals surface area contributed by atoms with Gasteiger partial charge >= 0.3 is 0 Å². The van der Waals surface area contributed by atoms with Crippen LogP contribution >= 0.6 is 0 Å². The lowest BCUT2D eigenvalue weighted by Gasteiger charge is -2.27. The number of benzene rings is 1. The Morgan fingerprint density at radius 2 is 1.86 bits per heavy atom. The SMILES string of the molecule is COCCCOc1ccccc1C(=O)NCC(C)CC(N)C(O)CC(C)C(=O)NCCN1CCOCC1. The Kier molecular flexibility index (Phi) is 14.5. The smallest absolute Gasteiger partial charge is 0.255 e. The van der Waals surface area contributed by atoms with Crippen LogP contribution in [0.25, 0.3) is 0 Å². The molecule has 0 aliphatic carbocycles. The number of carbonyl (C=O) groups excluding carboxylic acids is 2. The fraction of sp³-hybridized carbons (Fsp3) is 0.704. The molecule has 1 aromatic rings. The Morgan fingerprint density at radius 1 is 1.14 bits per heavy atom. The van der Waals surface area contributed by atoms with Gasteiger partial charge in [0.1, 0.15) is 5.75 Å². The summed E-state index contributed by atoms with van der Waals surface area (Å²) in [4.78, 5) is 27.4. The molecular formula is C27H46N4O6. The summed E-state index contributed by atoms with van der Waals surface area (Å²) in [5, 5.41) is 16.5. The zero-order chi connectivity index (χ0) is 27.0. The van der Waals surface area contributed by atoms with Crippen LogP contribution in [0, 0.1) is 11.8 Å². The first kappa shape index (κ1) is 31.0. The molecule has 4 atom stereocenters. The molecule has 2 rings (SSSR count). The number of nitrogens with zero attached hydrogens (tertiary/aromatic N) is 1. The van der Waals surface area contributed by atoms with Gasteiger partial charge in [-0.05, 0) is 30.9 Å². The fourth-order valence-electron chi connectivity index (χ4n) is 4.21. The standard InChI is InChI=1S/C27H46N4O6/c1-20(19-30-27(34)22-7-4-5-8-25(22)37-14-6-13-35-3)17-23(28)24(32)18-21(2)26(33)29-9-10-31-11-15-36-16-12-31/h4-5,7-8,20-21,23-24,32H,6,9-19,28H2,1-3H3,(H,29,33)(H,30,34). The van der Waals surface area contributed by atoms with Gasteiger partial charge in [-0.25, -0.2) is 0 Å². The normalized spacial score (nSPS) is 17.4. The minimum atomic E-state index is -0.806. The van der Waals surface area contributed by atoms with Gasteiger partial charge < -0.3 is 35.7 Å². The summed E-state index contributed by atoms with van der Waals surface area (Å²) in [5.41, 5.74) is 6.72. The third kappa shape index (κ3) is 11.8. The van der Waals surface area contributed by atoms with E-state index in [4.69, 9.17) is 19.9 Å². The van der Waals surface area contributed by atoms with Crippen molar-refractivity contribution in [3.8, 4) is 5.75 Å². The molecule has 4 unspecified atom stereocenters. The number of hydrogen-bond acceptors (Lipinski definition) is 8. The number of amides is 2. The quantitative estimate of drug-likeness (QED) is 0.223. The topological polar surface area (TPSA) is 135 Å². The monoisotopic (exact) mass is 522 g/mol. The molecule has 1 aromatic carbocycles. The van der Waals surface area contributed by atoms with E-state index >= 15 is 0 Å². The van der Waals surface area contributed by atoms with Gasteiger partial charge in [0.25, 0.3) is 5.91 Å². The van der Waals surface area contributed by atoms with Gasteiger partial charge in [-0.2, -0.15) is 0 Å². The molecule has 37 heavy (non-hydrogen) atoms. The molecule has 10 heteroatoms. The molecular weight excluding hydrogens is 476 g/mol. The molecule has 1 fully saturated rings. The average Bonchev–Trinajstić information content (AvgIpc) is 2.90. The molecule has 0 bridgehead atoms. The number of rotatable bonds is 17. The Labute approximate surface area is 221 Å². The van der Waals surface area contributed by atoms with Crippen LogP contribution in [0.5, 0.6) is 5.75 Å². The van der Waals surface area contributed by atoms with Gasteiger partial charge in [-0.3, -0.25) is 14.5 Å². The van der Waals surface area contributed by atoms with Crippen molar-refractivity contribution in [2.24, 2.45) is 17.6 Å². The van der Waals surface area contributed by atoms with Crippen LogP contribution in [-0.2, 0) is 14.3 Å². The molecule has 210 valence electrons. The first-order valence-electron chi connectivity index (χ1n) is 13.3. The van der Waals surface area contributed by atoms with Crippen molar-refractivity contribution in [2.75, 3.05) is 66.3 Å². The predicted molar refractivity (Wildman–Crippen MR) is 143 cm³/mol. The molecule has 0 spiro atoms. The molecule has 10 nitrogen and oxygen atoms in total. The van der Waals surface area contributed by atoms with E-state index in [1.807, 2.05) is 13.0 Å². The largest absolute Gasteiger partial charge is 0.493 e. The minimum absolute atomic E-state index is 0.0426. The number of nitrogens with two attached hydrogens (primary N) is 1. The molecule has 1 heterocycles. The van der Waals surface area contributed by atoms with Crippen molar-refractivity contribution in [1.82, 2.24) is 15.5 Å². The summed E-state index contributed by atoms with van der Waals surface area (Å²) in [7, 11) is 1.64. The zero-order valence-electron chi connectivity index (χ0n) is 22.6. The second-order valence-electron chi connectivity index (χ2n) is 9.85. The summed E-state index contributed by atoms with van der Waals surface area (Å²) in [5.74, 6) is -0.0659. The summed E-state index contributed by atoms with van der Waals surface area (Å²) in [6.07, 6.45) is 0.733. The molecule has 0 aromatic heterocycles. The van der Waals surface area contributed by atoms with Gasteiger partial charge in [0.2, 0.25) is 5.91 Å². The molecule has 1 aliphatic heterocycles. The van der Waals surface area contributed by atoms with Crippen molar-refractivity contribution in [1.29, 1.82) is 0 Å². The van der Waals surface area contributed by atoms with Crippen molar-refractivity contribution in [3.63, 3.8) is 0 Å². The first-order valence-corrected chi connectivity index (χ1v) is 13.3. The van der Waals surface area contributed by atoms with Crippen molar-refractivity contribution < 1.29 is 28.9 Å². The zero-order valence-corrected chi connectivity index (χ0v) is 22.6. The highest BCUT2D eigenvalue weighted by molar-refractivity contribution is 5.96. The Balaban J connectivity index is 1.69.